The summed E-state index contributed by atoms with van der Waals surface area (Å²) in [5.41, 5.74) is 1.69. The molecule has 0 aliphatic heterocycles. The van der Waals surface area contributed by atoms with Crippen molar-refractivity contribution >= 4 is 5.97 Å². The van der Waals surface area contributed by atoms with Crippen molar-refractivity contribution < 1.29 is 9.53 Å². The lowest BCUT2D eigenvalue weighted by atomic mass is 9.91. The van der Waals surface area contributed by atoms with Crippen LogP contribution in [0.1, 0.15) is 24.8 Å². The van der Waals surface area contributed by atoms with E-state index in [1.165, 1.54) is 12.7 Å². The van der Waals surface area contributed by atoms with Gasteiger partial charge in [0.1, 0.15) is 0 Å². The number of hydrogen-bond donors (Lipinski definition) is 0. The molecule has 1 rings (SSSR count). The van der Waals surface area contributed by atoms with Crippen molar-refractivity contribution in [2.24, 2.45) is 5.92 Å². The zero-order chi connectivity index (χ0) is 14.1. The summed E-state index contributed by atoms with van der Waals surface area (Å²) in [6, 6.07) is 12.3. The Labute approximate surface area is 114 Å². The molecule has 0 amide bonds. The molecule has 0 spiro atoms. The van der Waals surface area contributed by atoms with Crippen LogP contribution in [0.5, 0.6) is 0 Å². The van der Waals surface area contributed by atoms with Gasteiger partial charge in [0.05, 0.1) is 13.2 Å². The second kappa shape index (κ2) is 8.10. The first-order valence-corrected chi connectivity index (χ1v) is 6.34. The van der Waals surface area contributed by atoms with Gasteiger partial charge in [-0.1, -0.05) is 36.9 Å². The molecule has 1 atom stereocenters. The van der Waals surface area contributed by atoms with Gasteiger partial charge < -0.3 is 4.74 Å². The molecule has 0 radical (unpaired) electrons. The van der Waals surface area contributed by atoms with E-state index in [4.69, 9.17) is 5.26 Å². The van der Waals surface area contributed by atoms with Gasteiger partial charge in [0.25, 0.3) is 0 Å². The molecule has 0 aliphatic carbocycles. The Balaban J connectivity index is 2.52. The molecule has 0 saturated heterocycles. The zero-order valence-electron chi connectivity index (χ0n) is 11.3. The molecule has 0 N–H and O–H groups in total. The maximum Gasteiger partial charge on any atom is 0.333 e. The van der Waals surface area contributed by atoms with Crippen LogP contribution in [0.2, 0.25) is 0 Å². The number of ether oxygens (including phenoxy) is 1. The fraction of sp³-hybridized carbons (Fsp3) is 0.375. The third kappa shape index (κ3) is 5.39. The highest BCUT2D eigenvalue weighted by atomic mass is 16.5. The molecule has 1 aromatic rings. The van der Waals surface area contributed by atoms with Gasteiger partial charge in [0.15, 0.2) is 0 Å². The molecule has 0 bridgehead atoms. The van der Waals surface area contributed by atoms with Crippen molar-refractivity contribution in [3.05, 3.63) is 48.0 Å². The van der Waals surface area contributed by atoms with Gasteiger partial charge in [0.2, 0.25) is 0 Å². The Hall–Kier alpha value is -2.08. The fourth-order valence-electron chi connectivity index (χ4n) is 1.98. The maximum absolute atomic E-state index is 11.3. The van der Waals surface area contributed by atoms with Crippen molar-refractivity contribution in [3.8, 4) is 6.07 Å². The maximum atomic E-state index is 11.3. The Morgan fingerprint density at radius 2 is 2.11 bits per heavy atom. The molecule has 0 aromatic heterocycles. The van der Waals surface area contributed by atoms with Crippen molar-refractivity contribution in [2.45, 2.75) is 25.7 Å². The smallest absolute Gasteiger partial charge is 0.333 e. The second-order valence-corrected chi connectivity index (χ2v) is 4.55. The van der Waals surface area contributed by atoms with Crippen LogP contribution in [0.3, 0.4) is 0 Å². The molecule has 0 heterocycles. The SMILES string of the molecule is C=C(CCC(CC#N)Cc1ccccc1)C(=O)OC. The van der Waals surface area contributed by atoms with Gasteiger partial charge in [-0.15, -0.1) is 0 Å². The van der Waals surface area contributed by atoms with Crippen molar-refractivity contribution in [1.29, 1.82) is 5.26 Å². The molecule has 3 heteroatoms. The van der Waals surface area contributed by atoms with E-state index in [2.05, 4.69) is 29.5 Å². The van der Waals surface area contributed by atoms with Crippen LogP contribution in [0.25, 0.3) is 0 Å². The van der Waals surface area contributed by atoms with Gasteiger partial charge in [-0.3, -0.25) is 0 Å². The van der Waals surface area contributed by atoms with Crippen LogP contribution in [0.4, 0.5) is 0 Å². The third-order valence-corrected chi connectivity index (χ3v) is 3.08. The van der Waals surface area contributed by atoms with Crippen LogP contribution < -0.4 is 0 Å². The van der Waals surface area contributed by atoms with E-state index in [0.717, 1.165) is 12.8 Å². The van der Waals surface area contributed by atoms with E-state index in [-0.39, 0.29) is 11.9 Å². The van der Waals surface area contributed by atoms with E-state index in [1.807, 2.05) is 18.2 Å². The largest absolute Gasteiger partial charge is 0.466 e. The lowest BCUT2D eigenvalue weighted by Crippen LogP contribution is -2.08. The van der Waals surface area contributed by atoms with Crippen LogP contribution in [-0.2, 0) is 16.0 Å². The van der Waals surface area contributed by atoms with Crippen molar-refractivity contribution in [2.75, 3.05) is 7.11 Å². The van der Waals surface area contributed by atoms with Gasteiger partial charge in [-0.2, -0.15) is 5.26 Å². The highest BCUT2D eigenvalue weighted by molar-refractivity contribution is 5.87. The molecule has 0 aliphatic rings. The summed E-state index contributed by atoms with van der Waals surface area (Å²) >= 11 is 0. The van der Waals surface area contributed by atoms with Crippen LogP contribution in [0.15, 0.2) is 42.5 Å². The first kappa shape index (κ1) is 15.0. The summed E-state index contributed by atoms with van der Waals surface area (Å²) in [7, 11) is 1.35. The fourth-order valence-corrected chi connectivity index (χ4v) is 1.98. The van der Waals surface area contributed by atoms with E-state index in [0.29, 0.717) is 18.4 Å². The molecule has 19 heavy (non-hydrogen) atoms. The van der Waals surface area contributed by atoms with E-state index < -0.39 is 0 Å². The number of rotatable bonds is 7. The molecule has 3 nitrogen and oxygen atoms in total. The predicted molar refractivity (Wildman–Crippen MR) is 74.3 cm³/mol. The van der Waals surface area contributed by atoms with Crippen molar-refractivity contribution in [3.63, 3.8) is 0 Å². The normalized spacial score (nSPS) is 11.4. The van der Waals surface area contributed by atoms with Crippen molar-refractivity contribution in [1.82, 2.24) is 0 Å². The summed E-state index contributed by atoms with van der Waals surface area (Å²) in [5.74, 6) is -0.121. The number of carbonyl (C=O) groups excluding carboxylic acids is 1. The number of hydrogen-bond acceptors (Lipinski definition) is 3. The van der Waals surface area contributed by atoms with E-state index >= 15 is 0 Å². The summed E-state index contributed by atoms with van der Waals surface area (Å²) in [6.45, 7) is 3.71. The number of esters is 1. The molecule has 100 valence electrons. The third-order valence-electron chi connectivity index (χ3n) is 3.08. The van der Waals surface area contributed by atoms with Gasteiger partial charge in [-0.25, -0.2) is 4.79 Å². The van der Waals surface area contributed by atoms with E-state index in [1.54, 1.807) is 0 Å². The second-order valence-electron chi connectivity index (χ2n) is 4.55. The highest BCUT2D eigenvalue weighted by Gasteiger charge is 2.13. The Bertz CT molecular complexity index is 459. The predicted octanol–water partition coefficient (Wildman–Crippen LogP) is 3.27. The van der Waals surface area contributed by atoms with Gasteiger partial charge >= 0.3 is 5.97 Å². The standard InChI is InChI=1S/C16H19NO2/c1-13(16(18)19-2)8-9-15(10-11-17)12-14-6-4-3-5-7-14/h3-7,15H,1,8-10,12H2,2H3. The average molecular weight is 257 g/mol. The molecular formula is C16H19NO2. The summed E-state index contributed by atoms with van der Waals surface area (Å²) < 4.78 is 4.62. The van der Waals surface area contributed by atoms with Gasteiger partial charge in [0, 0.05) is 12.0 Å². The molecule has 0 saturated carbocycles. The van der Waals surface area contributed by atoms with Crippen LogP contribution in [0, 0.1) is 17.2 Å². The molecule has 1 aromatic carbocycles. The summed E-state index contributed by atoms with van der Waals surface area (Å²) in [5, 5.41) is 8.87. The summed E-state index contributed by atoms with van der Waals surface area (Å²) in [4.78, 5) is 11.3. The minimum atomic E-state index is -0.365. The molecule has 1 unspecified atom stereocenters. The number of benzene rings is 1. The molecular weight excluding hydrogens is 238 g/mol. The Morgan fingerprint density at radius 1 is 1.42 bits per heavy atom. The van der Waals surface area contributed by atoms with Crippen LogP contribution in [-0.4, -0.2) is 13.1 Å². The highest BCUT2D eigenvalue weighted by Crippen LogP contribution is 2.20. The number of methoxy groups -OCH3 is 1. The average Bonchev–Trinajstić information content (AvgIpc) is 2.44. The minimum absolute atomic E-state index is 0.244. The lowest BCUT2D eigenvalue weighted by molar-refractivity contribution is -0.136. The first-order valence-electron chi connectivity index (χ1n) is 6.34. The van der Waals surface area contributed by atoms with Gasteiger partial charge in [-0.05, 0) is 30.7 Å². The Kier molecular flexibility index (Phi) is 6.38. The number of nitrogens with zero attached hydrogens (tertiary/aromatic N) is 1. The topological polar surface area (TPSA) is 50.1 Å². The first-order chi connectivity index (χ1) is 9.17. The van der Waals surface area contributed by atoms with Crippen LogP contribution >= 0.6 is 0 Å². The lowest BCUT2D eigenvalue weighted by Gasteiger charge is -2.14. The quantitative estimate of drug-likeness (QED) is 0.556. The zero-order valence-corrected chi connectivity index (χ0v) is 11.3. The minimum Gasteiger partial charge on any atom is -0.466 e. The van der Waals surface area contributed by atoms with E-state index in [9.17, 15) is 4.79 Å². The molecule has 0 fully saturated rings. The summed E-state index contributed by atoms with van der Waals surface area (Å²) in [6.07, 6.45) is 2.69. The number of carbonyl (C=O) groups is 1. The number of nitriles is 1. The Morgan fingerprint density at radius 3 is 2.68 bits per heavy atom. The monoisotopic (exact) mass is 257 g/mol.